The van der Waals surface area contributed by atoms with Crippen LogP contribution < -0.4 is 5.32 Å². The van der Waals surface area contributed by atoms with E-state index in [1.165, 1.54) is 16.3 Å². The lowest BCUT2D eigenvalue weighted by Gasteiger charge is -2.11. The van der Waals surface area contributed by atoms with Gasteiger partial charge in [-0.05, 0) is 40.6 Å². The molecule has 0 aliphatic rings. The number of hydrogen-bond donors (Lipinski definition) is 1. The highest BCUT2D eigenvalue weighted by molar-refractivity contribution is 5.92. The SMILES string of the molecule is O=C(Cn1c(Cc2cccc3ccccc23)nc2ccccc21)Nc1ccccc1. The molecule has 0 radical (unpaired) electrons. The Hall–Kier alpha value is -3.92. The number of para-hydroxylation sites is 3. The zero-order chi connectivity index (χ0) is 20.3. The standard InChI is InChI=1S/C26H21N3O/c30-26(27-21-12-2-1-3-13-21)18-29-24-16-7-6-15-23(24)28-25(29)17-20-11-8-10-19-9-4-5-14-22(19)20/h1-16H,17-18H2,(H,27,30). The number of imidazole rings is 1. The zero-order valence-electron chi connectivity index (χ0n) is 16.5. The highest BCUT2D eigenvalue weighted by Crippen LogP contribution is 2.24. The highest BCUT2D eigenvalue weighted by Gasteiger charge is 2.15. The van der Waals surface area contributed by atoms with Gasteiger partial charge in [0.25, 0.3) is 0 Å². The molecule has 0 saturated heterocycles. The first kappa shape index (κ1) is 18.1. The van der Waals surface area contributed by atoms with Crippen molar-refractivity contribution in [3.05, 3.63) is 108 Å². The number of aromatic nitrogens is 2. The van der Waals surface area contributed by atoms with Crippen molar-refractivity contribution in [2.24, 2.45) is 0 Å². The summed E-state index contributed by atoms with van der Waals surface area (Å²) >= 11 is 0. The zero-order valence-corrected chi connectivity index (χ0v) is 16.5. The van der Waals surface area contributed by atoms with Gasteiger partial charge in [-0.15, -0.1) is 0 Å². The second-order valence-electron chi connectivity index (χ2n) is 7.33. The summed E-state index contributed by atoms with van der Waals surface area (Å²) in [7, 11) is 0. The van der Waals surface area contributed by atoms with E-state index in [0.29, 0.717) is 6.42 Å². The molecule has 1 amide bonds. The lowest BCUT2D eigenvalue weighted by atomic mass is 10.0. The van der Waals surface area contributed by atoms with Crippen LogP contribution in [0.1, 0.15) is 11.4 Å². The summed E-state index contributed by atoms with van der Waals surface area (Å²) in [6, 6.07) is 32.2. The minimum absolute atomic E-state index is 0.0662. The van der Waals surface area contributed by atoms with E-state index in [-0.39, 0.29) is 12.5 Å². The summed E-state index contributed by atoms with van der Waals surface area (Å²) in [5.41, 5.74) is 3.87. The molecule has 0 aliphatic heterocycles. The first-order valence-corrected chi connectivity index (χ1v) is 10.0. The predicted octanol–water partition coefficient (Wildman–Crippen LogP) is 5.42. The highest BCUT2D eigenvalue weighted by atomic mass is 16.1. The first-order valence-electron chi connectivity index (χ1n) is 10.0. The number of fused-ring (bicyclic) bond motifs is 2. The van der Waals surface area contributed by atoms with E-state index in [0.717, 1.165) is 22.5 Å². The number of hydrogen-bond acceptors (Lipinski definition) is 2. The second-order valence-corrected chi connectivity index (χ2v) is 7.33. The first-order chi connectivity index (χ1) is 14.8. The maximum absolute atomic E-state index is 12.8. The molecule has 4 aromatic carbocycles. The van der Waals surface area contributed by atoms with E-state index in [9.17, 15) is 4.79 Å². The Morgan fingerprint density at radius 2 is 1.53 bits per heavy atom. The van der Waals surface area contributed by atoms with Crippen molar-refractivity contribution < 1.29 is 4.79 Å². The van der Waals surface area contributed by atoms with Crippen molar-refractivity contribution in [1.29, 1.82) is 0 Å². The molecule has 0 spiro atoms. The molecule has 30 heavy (non-hydrogen) atoms. The fraction of sp³-hybridized carbons (Fsp3) is 0.0769. The fourth-order valence-corrected chi connectivity index (χ4v) is 3.92. The second kappa shape index (κ2) is 7.84. The van der Waals surface area contributed by atoms with Gasteiger partial charge in [-0.1, -0.05) is 72.8 Å². The molecule has 1 heterocycles. The molecule has 1 N–H and O–H groups in total. The summed E-state index contributed by atoms with van der Waals surface area (Å²) in [4.78, 5) is 17.6. The number of benzene rings is 4. The van der Waals surface area contributed by atoms with E-state index in [4.69, 9.17) is 4.98 Å². The van der Waals surface area contributed by atoms with Crippen LogP contribution in [-0.2, 0) is 17.8 Å². The van der Waals surface area contributed by atoms with E-state index < -0.39 is 0 Å². The molecule has 0 atom stereocenters. The molecular formula is C26H21N3O. The molecule has 4 heteroatoms. The summed E-state index contributed by atoms with van der Waals surface area (Å²) in [6.07, 6.45) is 0.661. The Morgan fingerprint density at radius 3 is 2.43 bits per heavy atom. The Labute approximate surface area is 174 Å². The topological polar surface area (TPSA) is 46.9 Å². The van der Waals surface area contributed by atoms with Crippen LogP contribution in [0, 0.1) is 0 Å². The third-order valence-electron chi connectivity index (χ3n) is 5.32. The monoisotopic (exact) mass is 391 g/mol. The predicted molar refractivity (Wildman–Crippen MR) is 122 cm³/mol. The molecular weight excluding hydrogens is 370 g/mol. The van der Waals surface area contributed by atoms with Crippen LogP contribution in [0.15, 0.2) is 97.1 Å². The van der Waals surface area contributed by atoms with Crippen molar-refractivity contribution in [2.75, 3.05) is 5.32 Å². The third kappa shape index (κ3) is 3.55. The maximum atomic E-state index is 12.8. The Balaban J connectivity index is 1.51. The van der Waals surface area contributed by atoms with Crippen LogP contribution in [-0.4, -0.2) is 15.5 Å². The summed E-state index contributed by atoms with van der Waals surface area (Å²) in [5.74, 6) is 0.819. The summed E-state index contributed by atoms with van der Waals surface area (Å²) in [6.45, 7) is 0.218. The van der Waals surface area contributed by atoms with Crippen LogP contribution in [0.2, 0.25) is 0 Å². The molecule has 0 fully saturated rings. The Bertz CT molecular complexity index is 1330. The lowest BCUT2D eigenvalue weighted by Crippen LogP contribution is -2.20. The van der Waals surface area contributed by atoms with Crippen LogP contribution in [0.25, 0.3) is 21.8 Å². The minimum Gasteiger partial charge on any atom is -0.325 e. The summed E-state index contributed by atoms with van der Waals surface area (Å²) in [5, 5.41) is 5.40. The van der Waals surface area contributed by atoms with Gasteiger partial charge in [0.2, 0.25) is 5.91 Å². The minimum atomic E-state index is -0.0662. The normalized spacial score (nSPS) is 11.1. The number of carbonyl (C=O) groups is 1. The average Bonchev–Trinajstić information content (AvgIpc) is 3.11. The van der Waals surface area contributed by atoms with Gasteiger partial charge in [0.15, 0.2) is 0 Å². The molecule has 5 rings (SSSR count). The van der Waals surface area contributed by atoms with E-state index in [2.05, 4.69) is 47.8 Å². The summed E-state index contributed by atoms with van der Waals surface area (Å²) < 4.78 is 2.02. The van der Waals surface area contributed by atoms with Gasteiger partial charge in [-0.2, -0.15) is 0 Å². The van der Waals surface area contributed by atoms with Crippen molar-refractivity contribution in [3.63, 3.8) is 0 Å². The Kier molecular flexibility index (Phi) is 4.74. The average molecular weight is 391 g/mol. The van der Waals surface area contributed by atoms with Gasteiger partial charge in [0.1, 0.15) is 12.4 Å². The van der Waals surface area contributed by atoms with E-state index in [1.807, 2.05) is 59.2 Å². The van der Waals surface area contributed by atoms with Crippen LogP contribution in [0.3, 0.4) is 0 Å². The molecule has 146 valence electrons. The van der Waals surface area contributed by atoms with E-state index >= 15 is 0 Å². The molecule has 5 aromatic rings. The quantitative estimate of drug-likeness (QED) is 0.435. The Morgan fingerprint density at radius 1 is 0.800 bits per heavy atom. The molecule has 4 nitrogen and oxygen atoms in total. The maximum Gasteiger partial charge on any atom is 0.244 e. The third-order valence-corrected chi connectivity index (χ3v) is 5.32. The molecule has 1 aromatic heterocycles. The number of carbonyl (C=O) groups excluding carboxylic acids is 1. The van der Waals surface area contributed by atoms with Crippen molar-refractivity contribution >= 4 is 33.4 Å². The van der Waals surface area contributed by atoms with Crippen LogP contribution in [0.5, 0.6) is 0 Å². The van der Waals surface area contributed by atoms with Gasteiger partial charge in [-0.25, -0.2) is 4.98 Å². The van der Waals surface area contributed by atoms with Crippen LogP contribution in [0.4, 0.5) is 5.69 Å². The number of rotatable bonds is 5. The van der Waals surface area contributed by atoms with Crippen molar-refractivity contribution in [3.8, 4) is 0 Å². The number of amides is 1. The molecule has 0 unspecified atom stereocenters. The number of anilines is 1. The van der Waals surface area contributed by atoms with Gasteiger partial charge in [0, 0.05) is 12.1 Å². The fourth-order valence-electron chi connectivity index (χ4n) is 3.92. The van der Waals surface area contributed by atoms with Crippen LogP contribution >= 0.6 is 0 Å². The lowest BCUT2D eigenvalue weighted by molar-refractivity contribution is -0.116. The number of nitrogens with zero attached hydrogens (tertiary/aromatic N) is 2. The van der Waals surface area contributed by atoms with Gasteiger partial charge in [-0.3, -0.25) is 4.79 Å². The van der Waals surface area contributed by atoms with Crippen molar-refractivity contribution in [1.82, 2.24) is 9.55 Å². The smallest absolute Gasteiger partial charge is 0.244 e. The molecule has 0 aliphatic carbocycles. The molecule has 0 bridgehead atoms. The van der Waals surface area contributed by atoms with E-state index in [1.54, 1.807) is 0 Å². The van der Waals surface area contributed by atoms with Gasteiger partial charge in [0.05, 0.1) is 11.0 Å². The van der Waals surface area contributed by atoms with Gasteiger partial charge < -0.3 is 9.88 Å². The van der Waals surface area contributed by atoms with Gasteiger partial charge >= 0.3 is 0 Å². The largest absolute Gasteiger partial charge is 0.325 e. The number of nitrogens with one attached hydrogen (secondary N) is 1. The van der Waals surface area contributed by atoms with Crippen molar-refractivity contribution in [2.45, 2.75) is 13.0 Å². The molecule has 0 saturated carbocycles.